The Morgan fingerprint density at radius 1 is 0.939 bits per heavy atom. The number of hydrogen-bond donors (Lipinski definition) is 2. The van der Waals surface area contributed by atoms with E-state index in [1.807, 2.05) is 19.0 Å². The molecule has 0 aromatic heterocycles. The molecule has 2 aromatic carbocycles. The highest BCUT2D eigenvalue weighted by molar-refractivity contribution is 6.39. The van der Waals surface area contributed by atoms with E-state index in [0.717, 1.165) is 24.3 Å². The van der Waals surface area contributed by atoms with Crippen molar-refractivity contribution in [2.24, 2.45) is 0 Å². The molecule has 2 heterocycles. The van der Waals surface area contributed by atoms with Gasteiger partial charge in [-0.1, -0.05) is 12.1 Å². The summed E-state index contributed by atoms with van der Waals surface area (Å²) in [7, 11) is 3.99. The smallest absolute Gasteiger partial charge is 0.313 e. The van der Waals surface area contributed by atoms with Gasteiger partial charge < -0.3 is 29.7 Å². The van der Waals surface area contributed by atoms with E-state index in [2.05, 4.69) is 39.8 Å². The first-order chi connectivity index (χ1) is 16.0. The summed E-state index contributed by atoms with van der Waals surface area (Å²) in [5.74, 6) is -0.242. The van der Waals surface area contributed by atoms with Crippen molar-refractivity contribution in [3.05, 3.63) is 48.0 Å². The van der Waals surface area contributed by atoms with E-state index in [-0.39, 0.29) is 6.04 Å². The quantitative estimate of drug-likeness (QED) is 0.642. The maximum absolute atomic E-state index is 12.6. The van der Waals surface area contributed by atoms with Gasteiger partial charge in [0, 0.05) is 51.2 Å². The minimum Gasteiger partial charge on any atom is -0.486 e. The Morgan fingerprint density at radius 3 is 2.33 bits per heavy atom. The summed E-state index contributed by atoms with van der Waals surface area (Å²) in [5.41, 5.74) is 2.65. The molecule has 2 amide bonds. The van der Waals surface area contributed by atoms with Crippen LogP contribution in [0.1, 0.15) is 11.6 Å². The number of anilines is 2. The number of benzene rings is 2. The lowest BCUT2D eigenvalue weighted by molar-refractivity contribution is -0.136. The van der Waals surface area contributed by atoms with Crippen LogP contribution in [-0.4, -0.2) is 76.9 Å². The summed E-state index contributed by atoms with van der Waals surface area (Å²) in [6.07, 6.45) is 0. The zero-order valence-corrected chi connectivity index (χ0v) is 19.0. The van der Waals surface area contributed by atoms with Crippen LogP contribution in [0.4, 0.5) is 11.4 Å². The molecule has 0 unspecified atom stereocenters. The van der Waals surface area contributed by atoms with Gasteiger partial charge in [0.05, 0.1) is 19.3 Å². The van der Waals surface area contributed by atoms with Gasteiger partial charge in [-0.15, -0.1) is 0 Å². The van der Waals surface area contributed by atoms with E-state index < -0.39 is 11.8 Å². The molecule has 4 rings (SSSR count). The summed E-state index contributed by atoms with van der Waals surface area (Å²) >= 11 is 0. The van der Waals surface area contributed by atoms with Gasteiger partial charge in [-0.05, 0) is 29.8 Å². The second kappa shape index (κ2) is 10.5. The molecule has 2 aromatic rings. The first-order valence-corrected chi connectivity index (χ1v) is 11.1. The molecule has 1 atom stereocenters. The number of amides is 2. The van der Waals surface area contributed by atoms with Crippen molar-refractivity contribution in [3.8, 4) is 11.5 Å². The first-order valence-electron chi connectivity index (χ1n) is 11.1. The molecule has 9 heteroatoms. The highest BCUT2D eigenvalue weighted by atomic mass is 16.6. The molecule has 0 bridgehead atoms. The van der Waals surface area contributed by atoms with Crippen molar-refractivity contribution < 1.29 is 23.8 Å². The fourth-order valence-corrected chi connectivity index (χ4v) is 3.92. The van der Waals surface area contributed by atoms with Crippen molar-refractivity contribution >= 4 is 23.2 Å². The lowest BCUT2D eigenvalue weighted by Gasteiger charge is -2.35. The average molecular weight is 455 g/mol. The number of hydrogen-bond acceptors (Lipinski definition) is 7. The third kappa shape index (κ3) is 5.74. The fourth-order valence-electron chi connectivity index (χ4n) is 3.92. The molecular weight excluding hydrogens is 424 g/mol. The molecule has 33 heavy (non-hydrogen) atoms. The van der Waals surface area contributed by atoms with Crippen LogP contribution in [0.25, 0.3) is 0 Å². The molecule has 1 saturated heterocycles. The van der Waals surface area contributed by atoms with Crippen molar-refractivity contribution in [3.63, 3.8) is 0 Å². The van der Waals surface area contributed by atoms with Crippen molar-refractivity contribution in [2.75, 3.05) is 70.4 Å². The summed E-state index contributed by atoms with van der Waals surface area (Å²) in [5, 5.41) is 5.43. The Hall–Kier alpha value is -3.30. The summed E-state index contributed by atoms with van der Waals surface area (Å²) in [4.78, 5) is 29.4. The fraction of sp³-hybridized carbons (Fsp3) is 0.417. The zero-order chi connectivity index (χ0) is 23.2. The van der Waals surface area contributed by atoms with Crippen LogP contribution in [-0.2, 0) is 14.3 Å². The number of carbonyl (C=O) groups is 2. The molecule has 2 aliphatic rings. The Morgan fingerprint density at radius 2 is 1.64 bits per heavy atom. The number of carbonyl (C=O) groups excluding carboxylic acids is 2. The molecule has 0 radical (unpaired) electrons. The predicted molar refractivity (Wildman–Crippen MR) is 125 cm³/mol. The zero-order valence-electron chi connectivity index (χ0n) is 19.0. The molecule has 9 nitrogen and oxygen atoms in total. The number of rotatable bonds is 6. The molecule has 0 aliphatic carbocycles. The first kappa shape index (κ1) is 22.9. The Kier molecular flexibility index (Phi) is 7.31. The highest BCUT2D eigenvalue weighted by Crippen LogP contribution is 2.32. The number of morpholine rings is 1. The van der Waals surface area contributed by atoms with E-state index in [0.29, 0.717) is 50.2 Å². The Balaban J connectivity index is 1.40. The van der Waals surface area contributed by atoms with Gasteiger partial charge in [0.2, 0.25) is 0 Å². The van der Waals surface area contributed by atoms with E-state index in [1.165, 1.54) is 0 Å². The molecular formula is C24H30N4O5. The van der Waals surface area contributed by atoms with Gasteiger partial charge in [-0.3, -0.25) is 14.5 Å². The Bertz CT molecular complexity index is 973. The van der Waals surface area contributed by atoms with Gasteiger partial charge in [0.15, 0.2) is 11.5 Å². The molecule has 176 valence electrons. The third-order valence-corrected chi connectivity index (χ3v) is 5.74. The van der Waals surface area contributed by atoms with Crippen molar-refractivity contribution in [2.45, 2.75) is 6.04 Å². The second-order valence-electron chi connectivity index (χ2n) is 8.17. The number of nitrogens with zero attached hydrogens (tertiary/aromatic N) is 2. The lowest BCUT2D eigenvalue weighted by Crippen LogP contribution is -2.45. The summed E-state index contributed by atoms with van der Waals surface area (Å²) < 4.78 is 16.5. The molecule has 1 fully saturated rings. The maximum atomic E-state index is 12.6. The van der Waals surface area contributed by atoms with Gasteiger partial charge >= 0.3 is 11.8 Å². The lowest BCUT2D eigenvalue weighted by atomic mass is 10.0. The summed E-state index contributed by atoms with van der Waals surface area (Å²) in [6, 6.07) is 13.2. The number of nitrogens with one attached hydrogen (secondary N) is 2. The standard InChI is InChI=1S/C24H30N4O5/c1-27(2)19-6-3-17(4-7-19)20(28-9-11-31-12-10-28)16-25-23(29)24(30)26-18-5-8-21-22(15-18)33-14-13-32-21/h3-8,15,20H,9-14,16H2,1-2H3,(H,25,29)(H,26,30)/t20-/m1/s1. The maximum Gasteiger partial charge on any atom is 0.313 e. The van der Waals surface area contributed by atoms with Gasteiger partial charge in [0.1, 0.15) is 13.2 Å². The molecule has 2 N–H and O–H groups in total. The van der Waals surface area contributed by atoms with Crippen LogP contribution in [0.3, 0.4) is 0 Å². The third-order valence-electron chi connectivity index (χ3n) is 5.74. The van der Waals surface area contributed by atoms with Crippen LogP contribution in [0.15, 0.2) is 42.5 Å². The second-order valence-corrected chi connectivity index (χ2v) is 8.17. The summed E-state index contributed by atoms with van der Waals surface area (Å²) in [6.45, 7) is 4.07. The average Bonchev–Trinajstić information content (AvgIpc) is 2.85. The minimum absolute atomic E-state index is 0.0591. The van der Waals surface area contributed by atoms with E-state index in [1.54, 1.807) is 18.2 Å². The van der Waals surface area contributed by atoms with Crippen LogP contribution in [0.2, 0.25) is 0 Å². The SMILES string of the molecule is CN(C)c1ccc([C@@H](CNC(=O)C(=O)Nc2ccc3c(c2)OCCO3)N2CCOCC2)cc1. The van der Waals surface area contributed by atoms with E-state index >= 15 is 0 Å². The number of fused-ring (bicyclic) bond motifs is 1. The van der Waals surface area contributed by atoms with Gasteiger partial charge in [-0.25, -0.2) is 0 Å². The van der Waals surface area contributed by atoms with Crippen molar-refractivity contribution in [1.82, 2.24) is 10.2 Å². The van der Waals surface area contributed by atoms with E-state index in [9.17, 15) is 9.59 Å². The van der Waals surface area contributed by atoms with Crippen LogP contribution in [0, 0.1) is 0 Å². The van der Waals surface area contributed by atoms with Crippen LogP contribution >= 0.6 is 0 Å². The van der Waals surface area contributed by atoms with Gasteiger partial charge in [0.25, 0.3) is 0 Å². The van der Waals surface area contributed by atoms with Crippen LogP contribution in [0.5, 0.6) is 11.5 Å². The molecule has 2 aliphatic heterocycles. The largest absolute Gasteiger partial charge is 0.486 e. The normalized spacial score (nSPS) is 16.5. The Labute approximate surface area is 193 Å². The number of ether oxygens (including phenoxy) is 3. The molecule has 0 saturated carbocycles. The van der Waals surface area contributed by atoms with E-state index in [4.69, 9.17) is 14.2 Å². The van der Waals surface area contributed by atoms with Crippen LogP contribution < -0.4 is 25.0 Å². The highest BCUT2D eigenvalue weighted by Gasteiger charge is 2.25. The minimum atomic E-state index is -0.727. The topological polar surface area (TPSA) is 92.4 Å². The predicted octanol–water partition coefficient (Wildman–Crippen LogP) is 1.65. The van der Waals surface area contributed by atoms with Gasteiger partial charge in [-0.2, -0.15) is 0 Å². The molecule has 0 spiro atoms. The van der Waals surface area contributed by atoms with Crippen molar-refractivity contribution in [1.29, 1.82) is 0 Å². The monoisotopic (exact) mass is 454 g/mol.